The second kappa shape index (κ2) is 11.2. The molecule has 2 amide bonds. The summed E-state index contributed by atoms with van der Waals surface area (Å²) in [5.74, 6) is 0.926. The number of nitrogens with zero attached hydrogens (tertiary/aromatic N) is 2. The van der Waals surface area contributed by atoms with Crippen molar-refractivity contribution < 1.29 is 22.7 Å². The van der Waals surface area contributed by atoms with Crippen LogP contribution in [0.5, 0.6) is 11.5 Å². The molecule has 8 nitrogen and oxygen atoms in total. The third-order valence-electron chi connectivity index (χ3n) is 5.91. The quantitative estimate of drug-likeness (QED) is 0.158. The molecule has 5 aromatic rings. The Bertz CT molecular complexity index is 1780. The molecule has 1 heterocycles. The summed E-state index contributed by atoms with van der Waals surface area (Å²) in [4.78, 5) is 16.7. The number of hydrogen-bond acceptors (Lipinski definition) is 6. The lowest BCUT2D eigenvalue weighted by molar-refractivity contribution is -0.137. The number of urea groups is 1. The molecule has 0 radical (unpaired) electrons. The van der Waals surface area contributed by atoms with Gasteiger partial charge >= 0.3 is 12.2 Å². The van der Waals surface area contributed by atoms with Gasteiger partial charge in [-0.25, -0.2) is 4.79 Å². The van der Waals surface area contributed by atoms with Crippen LogP contribution in [0.15, 0.2) is 97.2 Å². The van der Waals surface area contributed by atoms with E-state index >= 15 is 0 Å². The maximum Gasteiger partial charge on any atom is 0.416 e. The lowest BCUT2D eigenvalue weighted by Crippen LogP contribution is -2.19. The van der Waals surface area contributed by atoms with E-state index in [0.29, 0.717) is 50.7 Å². The third-order valence-corrected chi connectivity index (χ3v) is 5.91. The molecule has 11 heteroatoms. The first-order chi connectivity index (χ1) is 19.7. The number of amides is 2. The van der Waals surface area contributed by atoms with E-state index in [9.17, 15) is 23.2 Å². The average molecular weight is 555 g/mol. The van der Waals surface area contributed by atoms with Crippen LogP contribution in [0.3, 0.4) is 0 Å². The predicted molar refractivity (Wildman–Crippen MR) is 151 cm³/mol. The first-order valence-electron chi connectivity index (χ1n) is 12.2. The third kappa shape index (κ3) is 6.46. The summed E-state index contributed by atoms with van der Waals surface area (Å²) < 4.78 is 44.7. The molecule has 0 unspecified atom stereocenters. The van der Waals surface area contributed by atoms with Gasteiger partial charge in [0.05, 0.1) is 22.3 Å². The van der Waals surface area contributed by atoms with Crippen LogP contribution in [0.2, 0.25) is 0 Å². The highest BCUT2D eigenvalue weighted by Crippen LogP contribution is 2.33. The average Bonchev–Trinajstić information content (AvgIpc) is 2.94. The molecule has 0 aliphatic carbocycles. The molecule has 4 aromatic carbocycles. The fraction of sp³-hybridized carbons (Fsp3) is 0.0333. The molecule has 0 atom stereocenters. The Kier molecular flexibility index (Phi) is 7.30. The molecular weight excluding hydrogens is 533 g/mol. The van der Waals surface area contributed by atoms with Crippen molar-refractivity contribution in [1.82, 2.24) is 4.98 Å². The van der Waals surface area contributed by atoms with Gasteiger partial charge in [-0.2, -0.15) is 18.4 Å². The van der Waals surface area contributed by atoms with Crippen molar-refractivity contribution in [3.05, 3.63) is 108 Å². The van der Waals surface area contributed by atoms with Crippen LogP contribution >= 0.6 is 0 Å². The summed E-state index contributed by atoms with van der Waals surface area (Å²) in [5.41, 5.74) is 8.34. The summed E-state index contributed by atoms with van der Waals surface area (Å²) in [6.07, 6.45) is -3.02. The number of rotatable bonds is 6. The summed E-state index contributed by atoms with van der Waals surface area (Å²) in [5, 5.41) is 18.5. The van der Waals surface area contributed by atoms with Crippen molar-refractivity contribution in [1.29, 1.82) is 5.26 Å². The van der Waals surface area contributed by atoms with E-state index in [1.807, 2.05) is 0 Å². The van der Waals surface area contributed by atoms with E-state index in [1.54, 1.807) is 66.7 Å². The Labute approximate surface area is 232 Å². The minimum Gasteiger partial charge on any atom is -0.457 e. The highest BCUT2D eigenvalue weighted by Gasteiger charge is 2.30. The smallest absolute Gasteiger partial charge is 0.416 e. The number of alkyl halides is 3. The van der Waals surface area contributed by atoms with Gasteiger partial charge in [0.1, 0.15) is 17.6 Å². The molecule has 1 aromatic heterocycles. The van der Waals surface area contributed by atoms with E-state index in [-0.39, 0.29) is 5.69 Å². The van der Waals surface area contributed by atoms with Crippen LogP contribution in [0.4, 0.5) is 46.4 Å². The molecule has 41 heavy (non-hydrogen) atoms. The molecule has 5 rings (SSSR count). The van der Waals surface area contributed by atoms with Crippen LogP contribution < -0.4 is 26.4 Å². The number of nitrogens with one attached hydrogen (secondary N) is 3. The summed E-state index contributed by atoms with van der Waals surface area (Å²) in [6.45, 7) is 0. The van der Waals surface area contributed by atoms with E-state index in [1.165, 1.54) is 18.3 Å². The maximum atomic E-state index is 12.9. The number of ether oxygens (including phenoxy) is 1. The fourth-order valence-electron chi connectivity index (χ4n) is 4.02. The SMILES string of the molecule is N#Cc1cnc2ccc(N)cc2c1Nc1ccc(Oc2cccc(NC(=O)Nc3cccc(C(F)(F)F)c3)c2)cc1. The minimum absolute atomic E-state index is 0.00329. The zero-order valence-electron chi connectivity index (χ0n) is 21.2. The topological polar surface area (TPSA) is 125 Å². The fourth-order valence-corrected chi connectivity index (χ4v) is 4.02. The lowest BCUT2D eigenvalue weighted by atomic mass is 10.1. The Balaban J connectivity index is 1.25. The number of carbonyl (C=O) groups is 1. The van der Waals surface area contributed by atoms with Gasteiger partial charge in [0.15, 0.2) is 0 Å². The molecule has 0 bridgehead atoms. The van der Waals surface area contributed by atoms with Gasteiger partial charge in [-0.1, -0.05) is 12.1 Å². The summed E-state index contributed by atoms with van der Waals surface area (Å²) >= 11 is 0. The van der Waals surface area contributed by atoms with Gasteiger partial charge in [-0.15, -0.1) is 0 Å². The molecular formula is C30H21F3N6O2. The number of benzene rings is 4. The first-order valence-corrected chi connectivity index (χ1v) is 12.2. The Morgan fingerprint density at radius 2 is 1.56 bits per heavy atom. The molecule has 0 aliphatic heterocycles. The highest BCUT2D eigenvalue weighted by atomic mass is 19.4. The molecule has 0 aliphatic rings. The Morgan fingerprint density at radius 3 is 2.27 bits per heavy atom. The second-order valence-corrected chi connectivity index (χ2v) is 8.87. The number of nitrogen functional groups attached to an aromatic ring is 1. The van der Waals surface area contributed by atoms with Crippen LogP contribution in [-0.4, -0.2) is 11.0 Å². The lowest BCUT2D eigenvalue weighted by Gasteiger charge is -2.13. The Hall–Kier alpha value is -5.76. The van der Waals surface area contributed by atoms with Crippen molar-refractivity contribution in [2.45, 2.75) is 6.18 Å². The molecule has 0 fully saturated rings. The van der Waals surface area contributed by atoms with Gasteiger partial charge in [0.2, 0.25) is 0 Å². The number of anilines is 5. The van der Waals surface area contributed by atoms with Crippen LogP contribution in [-0.2, 0) is 6.18 Å². The maximum absolute atomic E-state index is 12.9. The number of hydrogen-bond donors (Lipinski definition) is 4. The van der Waals surface area contributed by atoms with Crippen LogP contribution in [0, 0.1) is 11.3 Å². The van der Waals surface area contributed by atoms with Crippen molar-refractivity contribution >= 4 is 45.4 Å². The van der Waals surface area contributed by atoms with Crippen molar-refractivity contribution in [2.75, 3.05) is 21.7 Å². The molecule has 0 saturated carbocycles. The molecule has 0 spiro atoms. The van der Waals surface area contributed by atoms with Gasteiger partial charge in [-0.05, 0) is 72.8 Å². The normalized spacial score (nSPS) is 11.0. The van der Waals surface area contributed by atoms with E-state index in [2.05, 4.69) is 27.0 Å². The summed E-state index contributed by atoms with van der Waals surface area (Å²) in [7, 11) is 0. The Morgan fingerprint density at radius 1 is 0.854 bits per heavy atom. The minimum atomic E-state index is -4.52. The molecule has 0 saturated heterocycles. The van der Waals surface area contributed by atoms with E-state index in [4.69, 9.17) is 10.5 Å². The number of nitrogens with two attached hydrogens (primary N) is 1. The molecule has 204 valence electrons. The number of pyridine rings is 1. The molecule has 5 N–H and O–H groups in total. The van der Waals surface area contributed by atoms with Gasteiger partial charge < -0.3 is 26.4 Å². The second-order valence-electron chi connectivity index (χ2n) is 8.87. The zero-order chi connectivity index (χ0) is 29.0. The van der Waals surface area contributed by atoms with Crippen molar-refractivity contribution in [3.8, 4) is 17.6 Å². The van der Waals surface area contributed by atoms with Gasteiger partial charge in [-0.3, -0.25) is 4.98 Å². The number of halogens is 3. The number of fused-ring (bicyclic) bond motifs is 1. The first kappa shape index (κ1) is 26.8. The van der Waals surface area contributed by atoms with E-state index < -0.39 is 17.8 Å². The van der Waals surface area contributed by atoms with Crippen molar-refractivity contribution in [3.63, 3.8) is 0 Å². The zero-order valence-corrected chi connectivity index (χ0v) is 21.2. The summed E-state index contributed by atoms with van der Waals surface area (Å²) in [6, 6.07) is 24.6. The van der Waals surface area contributed by atoms with E-state index in [0.717, 1.165) is 12.1 Å². The van der Waals surface area contributed by atoms with Crippen molar-refractivity contribution in [2.24, 2.45) is 0 Å². The number of carbonyl (C=O) groups excluding carboxylic acids is 1. The van der Waals surface area contributed by atoms with Crippen LogP contribution in [0.1, 0.15) is 11.1 Å². The predicted octanol–water partition coefficient (Wildman–Crippen LogP) is 7.89. The monoisotopic (exact) mass is 554 g/mol. The van der Waals surface area contributed by atoms with Gasteiger partial charge in [0, 0.05) is 40.4 Å². The highest BCUT2D eigenvalue weighted by molar-refractivity contribution is 6.00. The largest absolute Gasteiger partial charge is 0.457 e. The van der Waals surface area contributed by atoms with Crippen LogP contribution in [0.25, 0.3) is 10.9 Å². The number of nitriles is 1. The number of aromatic nitrogens is 1. The van der Waals surface area contributed by atoms with Gasteiger partial charge in [0.25, 0.3) is 0 Å². The standard InChI is InChI=1S/C30H21F3N6O2/c31-30(32,33)19-3-1-4-22(13-19)38-29(40)39-23-5-2-6-25(15-23)41-24-10-8-21(9-11-24)37-28-18(16-34)17-36-27-12-7-20(35)14-26(27)28/h1-15,17H,35H2,(H,36,37)(H2,38,39,40).